The van der Waals surface area contributed by atoms with Crippen LogP contribution in [0, 0.1) is 0 Å². The monoisotopic (exact) mass is 398 g/mol. The van der Waals surface area contributed by atoms with Crippen molar-refractivity contribution in [2.45, 2.75) is 6.42 Å². The summed E-state index contributed by atoms with van der Waals surface area (Å²) in [6.45, 7) is 0.276. The van der Waals surface area contributed by atoms with Gasteiger partial charge in [0.2, 0.25) is 0 Å². The quantitative estimate of drug-likeness (QED) is 0.419. The van der Waals surface area contributed by atoms with E-state index in [9.17, 15) is 9.59 Å². The van der Waals surface area contributed by atoms with Gasteiger partial charge in [-0.05, 0) is 30.7 Å². The number of nitrogens with zero attached hydrogens (tertiary/aromatic N) is 2. The zero-order chi connectivity index (χ0) is 20.9. The van der Waals surface area contributed by atoms with Gasteiger partial charge < -0.3 is 19.7 Å². The van der Waals surface area contributed by atoms with Gasteiger partial charge in [-0.25, -0.2) is 9.59 Å². The SMILES string of the molecule is O=C(O)COc1ccccc1C=NCCCN=Cc1ccccc1OCC(=O)O. The maximum atomic E-state index is 10.6. The van der Waals surface area contributed by atoms with Crippen LogP contribution in [0.1, 0.15) is 17.5 Å². The molecule has 0 heterocycles. The van der Waals surface area contributed by atoms with Gasteiger partial charge in [0, 0.05) is 36.6 Å². The Morgan fingerprint density at radius 3 is 1.59 bits per heavy atom. The van der Waals surface area contributed by atoms with E-state index in [4.69, 9.17) is 19.7 Å². The average Bonchev–Trinajstić information content (AvgIpc) is 2.71. The Kier molecular flexibility index (Phi) is 8.88. The second-order valence-corrected chi connectivity index (χ2v) is 5.86. The third-order valence-corrected chi connectivity index (χ3v) is 3.58. The Balaban J connectivity index is 1.80. The molecule has 0 radical (unpaired) electrons. The van der Waals surface area contributed by atoms with Crippen LogP contribution in [0.4, 0.5) is 0 Å². The maximum absolute atomic E-state index is 10.6. The fraction of sp³-hybridized carbons (Fsp3) is 0.238. The van der Waals surface area contributed by atoms with E-state index in [1.54, 1.807) is 48.8 Å². The highest BCUT2D eigenvalue weighted by atomic mass is 16.5. The number of hydrogen-bond acceptors (Lipinski definition) is 6. The van der Waals surface area contributed by atoms with Crippen LogP contribution in [0.3, 0.4) is 0 Å². The van der Waals surface area contributed by atoms with Crippen molar-refractivity contribution in [2.75, 3.05) is 26.3 Å². The largest absolute Gasteiger partial charge is 0.481 e. The lowest BCUT2D eigenvalue weighted by molar-refractivity contribution is -0.140. The average molecular weight is 398 g/mol. The molecule has 0 saturated heterocycles. The molecule has 0 bridgehead atoms. The second-order valence-electron chi connectivity index (χ2n) is 5.86. The predicted octanol–water partition coefficient (Wildman–Crippen LogP) is 2.54. The molecule has 0 aromatic heterocycles. The molecule has 0 spiro atoms. The van der Waals surface area contributed by atoms with Crippen LogP contribution in [-0.2, 0) is 9.59 Å². The van der Waals surface area contributed by atoms with E-state index in [2.05, 4.69) is 9.98 Å². The van der Waals surface area contributed by atoms with E-state index in [1.807, 2.05) is 12.1 Å². The number of carbonyl (C=O) groups is 2. The molecule has 29 heavy (non-hydrogen) atoms. The van der Waals surface area contributed by atoms with E-state index < -0.39 is 25.2 Å². The Morgan fingerprint density at radius 2 is 1.17 bits per heavy atom. The van der Waals surface area contributed by atoms with Crippen molar-refractivity contribution in [3.63, 3.8) is 0 Å². The van der Waals surface area contributed by atoms with Gasteiger partial charge in [0.05, 0.1) is 0 Å². The van der Waals surface area contributed by atoms with Crippen molar-refractivity contribution >= 4 is 24.4 Å². The molecule has 0 unspecified atom stereocenters. The molecule has 0 aliphatic carbocycles. The van der Waals surface area contributed by atoms with E-state index in [-0.39, 0.29) is 0 Å². The molecule has 2 aromatic carbocycles. The van der Waals surface area contributed by atoms with Gasteiger partial charge in [-0.2, -0.15) is 0 Å². The summed E-state index contributed by atoms with van der Waals surface area (Å²) in [6, 6.07) is 14.2. The first kappa shape index (κ1) is 21.6. The summed E-state index contributed by atoms with van der Waals surface area (Å²) in [5, 5.41) is 17.4. The van der Waals surface area contributed by atoms with E-state index >= 15 is 0 Å². The van der Waals surface area contributed by atoms with Crippen LogP contribution in [0.25, 0.3) is 0 Å². The molecule has 0 atom stereocenters. The zero-order valence-corrected chi connectivity index (χ0v) is 15.7. The lowest BCUT2D eigenvalue weighted by atomic mass is 10.2. The molecule has 0 aliphatic heterocycles. The molecule has 8 nitrogen and oxygen atoms in total. The molecular weight excluding hydrogens is 376 g/mol. The summed E-state index contributed by atoms with van der Waals surface area (Å²) < 4.78 is 10.5. The first-order chi connectivity index (χ1) is 14.1. The fourth-order valence-corrected chi connectivity index (χ4v) is 2.30. The number of benzene rings is 2. The van der Waals surface area contributed by atoms with Crippen LogP contribution in [0.15, 0.2) is 58.5 Å². The second kappa shape index (κ2) is 11.9. The van der Waals surface area contributed by atoms with Crippen molar-refractivity contribution in [3.05, 3.63) is 59.7 Å². The molecule has 0 saturated carbocycles. The summed E-state index contributed by atoms with van der Waals surface area (Å²) in [5.74, 6) is -1.14. The highest BCUT2D eigenvalue weighted by Gasteiger charge is 2.04. The summed E-state index contributed by atoms with van der Waals surface area (Å²) in [7, 11) is 0. The van der Waals surface area contributed by atoms with Gasteiger partial charge in [-0.15, -0.1) is 0 Å². The third-order valence-electron chi connectivity index (χ3n) is 3.58. The number of aliphatic carboxylic acids is 2. The number of rotatable bonds is 12. The summed E-state index contributed by atoms with van der Waals surface area (Å²) in [5.41, 5.74) is 1.42. The number of hydrogen-bond donors (Lipinski definition) is 2. The Labute approximate surface area is 168 Å². The maximum Gasteiger partial charge on any atom is 0.341 e. The van der Waals surface area contributed by atoms with Crippen LogP contribution in [0.5, 0.6) is 11.5 Å². The lowest BCUT2D eigenvalue weighted by Gasteiger charge is -2.06. The van der Waals surface area contributed by atoms with Crippen LogP contribution >= 0.6 is 0 Å². The molecule has 0 amide bonds. The smallest absolute Gasteiger partial charge is 0.341 e. The molecule has 0 fully saturated rings. The molecule has 2 N–H and O–H groups in total. The highest BCUT2D eigenvalue weighted by Crippen LogP contribution is 2.16. The van der Waals surface area contributed by atoms with Gasteiger partial charge in [0.15, 0.2) is 13.2 Å². The van der Waals surface area contributed by atoms with Crippen LogP contribution in [0.2, 0.25) is 0 Å². The summed E-state index contributed by atoms with van der Waals surface area (Å²) >= 11 is 0. The van der Waals surface area contributed by atoms with Gasteiger partial charge in [-0.3, -0.25) is 9.98 Å². The van der Waals surface area contributed by atoms with Gasteiger partial charge in [-0.1, -0.05) is 24.3 Å². The topological polar surface area (TPSA) is 118 Å². The first-order valence-corrected chi connectivity index (χ1v) is 8.93. The van der Waals surface area contributed by atoms with Crippen molar-refractivity contribution in [1.29, 1.82) is 0 Å². The molecule has 8 heteroatoms. The molecule has 2 rings (SSSR count). The molecular formula is C21H22N2O6. The fourth-order valence-electron chi connectivity index (χ4n) is 2.30. The van der Waals surface area contributed by atoms with E-state index in [1.165, 1.54) is 0 Å². The Bertz CT molecular complexity index is 807. The third kappa shape index (κ3) is 8.25. The number of aliphatic imine (C=N–C) groups is 2. The number of ether oxygens (including phenoxy) is 2. The van der Waals surface area contributed by atoms with Gasteiger partial charge >= 0.3 is 11.9 Å². The van der Waals surface area contributed by atoms with Gasteiger partial charge in [0.1, 0.15) is 11.5 Å². The zero-order valence-electron chi connectivity index (χ0n) is 15.7. The first-order valence-electron chi connectivity index (χ1n) is 8.93. The Hall–Kier alpha value is -3.68. The summed E-state index contributed by atoms with van der Waals surface area (Å²) in [6.07, 6.45) is 4.01. The standard InChI is InChI=1S/C21H22N2O6/c24-20(25)14-28-18-8-3-1-6-16(18)12-22-10-5-11-23-13-17-7-2-4-9-19(17)29-15-21(26)27/h1-4,6-9,12-13H,5,10-11,14-15H2,(H,24,25)(H,26,27). The number of carboxylic acid groups (broad SMARTS) is 2. The molecule has 2 aromatic rings. The minimum absolute atomic E-state index is 0.406. The number of carboxylic acids is 2. The van der Waals surface area contributed by atoms with Crippen molar-refractivity contribution in [2.24, 2.45) is 9.98 Å². The lowest BCUT2D eigenvalue weighted by Crippen LogP contribution is -2.10. The van der Waals surface area contributed by atoms with Crippen LogP contribution < -0.4 is 9.47 Å². The van der Waals surface area contributed by atoms with Crippen molar-refractivity contribution in [1.82, 2.24) is 0 Å². The van der Waals surface area contributed by atoms with Crippen LogP contribution in [-0.4, -0.2) is 60.9 Å². The Morgan fingerprint density at radius 1 is 0.759 bits per heavy atom. The molecule has 0 aliphatic rings. The predicted molar refractivity (Wildman–Crippen MR) is 109 cm³/mol. The number of para-hydroxylation sites is 2. The minimum atomic E-state index is -1.04. The highest BCUT2D eigenvalue weighted by molar-refractivity contribution is 5.84. The summed E-state index contributed by atoms with van der Waals surface area (Å²) in [4.78, 5) is 29.9. The van der Waals surface area contributed by atoms with E-state index in [0.29, 0.717) is 42.1 Å². The minimum Gasteiger partial charge on any atom is -0.481 e. The van der Waals surface area contributed by atoms with Gasteiger partial charge in [0.25, 0.3) is 0 Å². The molecule has 152 valence electrons. The van der Waals surface area contributed by atoms with E-state index in [0.717, 1.165) is 0 Å². The normalized spacial score (nSPS) is 11.0. The van der Waals surface area contributed by atoms with Crippen molar-refractivity contribution < 1.29 is 29.3 Å². The van der Waals surface area contributed by atoms with Crippen molar-refractivity contribution in [3.8, 4) is 11.5 Å².